The number of nitrogens with zero attached hydrogens (tertiary/aromatic N) is 2. The van der Waals surface area contributed by atoms with Crippen LogP contribution in [0.4, 0.5) is 4.39 Å². The smallest absolute Gasteiger partial charge is 0.322 e. The standard InChI is InChI=1S/C14H15ClFN3O/c1-3-17-7-10-8-18-14(19-9(10)2)20-13-5-4-11(16)6-12(13)15/h4-6,8,17H,3,7H2,1-2H3. The Morgan fingerprint density at radius 1 is 1.40 bits per heavy atom. The highest BCUT2D eigenvalue weighted by atomic mass is 35.5. The third-order valence-corrected chi connectivity index (χ3v) is 3.01. The van der Waals surface area contributed by atoms with Crippen LogP contribution in [0.3, 0.4) is 0 Å². The van der Waals surface area contributed by atoms with Gasteiger partial charge in [0.05, 0.1) is 5.02 Å². The zero-order valence-electron chi connectivity index (χ0n) is 11.3. The summed E-state index contributed by atoms with van der Waals surface area (Å²) in [5.41, 5.74) is 1.83. The van der Waals surface area contributed by atoms with Crippen molar-refractivity contribution in [3.05, 3.63) is 46.5 Å². The fourth-order valence-corrected chi connectivity index (χ4v) is 1.82. The van der Waals surface area contributed by atoms with Crippen molar-refractivity contribution in [3.63, 3.8) is 0 Å². The average Bonchev–Trinajstić information content (AvgIpc) is 2.41. The first-order valence-electron chi connectivity index (χ1n) is 6.26. The van der Waals surface area contributed by atoms with Crippen LogP contribution in [-0.2, 0) is 6.54 Å². The Hall–Kier alpha value is -1.72. The Morgan fingerprint density at radius 3 is 2.85 bits per heavy atom. The van der Waals surface area contributed by atoms with E-state index in [0.717, 1.165) is 17.8 Å². The Morgan fingerprint density at radius 2 is 2.20 bits per heavy atom. The van der Waals surface area contributed by atoms with Gasteiger partial charge in [0, 0.05) is 24.0 Å². The van der Waals surface area contributed by atoms with E-state index in [1.165, 1.54) is 18.2 Å². The van der Waals surface area contributed by atoms with Gasteiger partial charge in [-0.3, -0.25) is 0 Å². The Balaban J connectivity index is 2.15. The number of hydrogen-bond acceptors (Lipinski definition) is 4. The molecule has 0 amide bonds. The fourth-order valence-electron chi connectivity index (χ4n) is 1.61. The van der Waals surface area contributed by atoms with Gasteiger partial charge in [0.2, 0.25) is 0 Å². The molecular formula is C14H15ClFN3O. The van der Waals surface area contributed by atoms with Gasteiger partial charge >= 0.3 is 6.01 Å². The van der Waals surface area contributed by atoms with Crippen LogP contribution in [0.25, 0.3) is 0 Å². The van der Waals surface area contributed by atoms with Gasteiger partial charge in [0.15, 0.2) is 0 Å². The minimum Gasteiger partial charge on any atom is -0.423 e. The topological polar surface area (TPSA) is 47.0 Å². The summed E-state index contributed by atoms with van der Waals surface area (Å²) in [5, 5.41) is 3.39. The maximum absolute atomic E-state index is 12.9. The van der Waals surface area contributed by atoms with E-state index in [9.17, 15) is 4.39 Å². The van der Waals surface area contributed by atoms with Crippen molar-refractivity contribution >= 4 is 11.6 Å². The summed E-state index contributed by atoms with van der Waals surface area (Å²) in [6.07, 6.45) is 1.71. The van der Waals surface area contributed by atoms with Crippen molar-refractivity contribution in [2.75, 3.05) is 6.54 Å². The van der Waals surface area contributed by atoms with E-state index < -0.39 is 5.82 Å². The molecular weight excluding hydrogens is 281 g/mol. The molecule has 1 heterocycles. The van der Waals surface area contributed by atoms with Crippen LogP contribution in [0, 0.1) is 12.7 Å². The summed E-state index contributed by atoms with van der Waals surface area (Å²) in [5.74, 6) is -0.0904. The third-order valence-electron chi connectivity index (χ3n) is 2.72. The molecule has 4 nitrogen and oxygen atoms in total. The van der Waals surface area contributed by atoms with Gasteiger partial charge in [-0.1, -0.05) is 18.5 Å². The Labute approximate surface area is 122 Å². The van der Waals surface area contributed by atoms with Crippen molar-refractivity contribution in [1.82, 2.24) is 15.3 Å². The summed E-state index contributed by atoms with van der Waals surface area (Å²) in [4.78, 5) is 8.38. The van der Waals surface area contributed by atoms with Crippen LogP contribution in [0.1, 0.15) is 18.2 Å². The lowest BCUT2D eigenvalue weighted by Gasteiger charge is -2.09. The Kier molecular flexibility index (Phi) is 4.87. The second kappa shape index (κ2) is 6.63. The van der Waals surface area contributed by atoms with Crippen molar-refractivity contribution < 1.29 is 9.13 Å². The lowest BCUT2D eigenvalue weighted by atomic mass is 10.2. The molecule has 0 aliphatic rings. The summed E-state index contributed by atoms with van der Waals surface area (Å²) in [7, 11) is 0. The van der Waals surface area contributed by atoms with E-state index in [2.05, 4.69) is 15.3 Å². The molecule has 1 aromatic heterocycles. The van der Waals surface area contributed by atoms with Gasteiger partial charge < -0.3 is 10.1 Å². The largest absolute Gasteiger partial charge is 0.423 e. The van der Waals surface area contributed by atoms with E-state index in [4.69, 9.17) is 16.3 Å². The van der Waals surface area contributed by atoms with Crippen LogP contribution in [0.15, 0.2) is 24.4 Å². The molecule has 0 fully saturated rings. The molecule has 0 spiro atoms. The van der Waals surface area contributed by atoms with E-state index >= 15 is 0 Å². The highest BCUT2D eigenvalue weighted by Crippen LogP contribution is 2.28. The second-order valence-corrected chi connectivity index (χ2v) is 4.63. The summed E-state index contributed by atoms with van der Waals surface area (Å²) in [6, 6.07) is 4.09. The maximum Gasteiger partial charge on any atom is 0.322 e. The lowest BCUT2D eigenvalue weighted by molar-refractivity contribution is 0.438. The van der Waals surface area contributed by atoms with Crippen LogP contribution in [-0.4, -0.2) is 16.5 Å². The summed E-state index contributed by atoms with van der Waals surface area (Å²) >= 11 is 5.89. The maximum atomic E-state index is 12.9. The number of nitrogens with one attached hydrogen (secondary N) is 1. The molecule has 0 aliphatic heterocycles. The minimum absolute atomic E-state index is 0.183. The SMILES string of the molecule is CCNCc1cnc(Oc2ccc(F)cc2Cl)nc1C. The molecule has 20 heavy (non-hydrogen) atoms. The molecule has 106 valence electrons. The number of benzene rings is 1. The highest BCUT2D eigenvalue weighted by molar-refractivity contribution is 6.32. The number of halogens is 2. The molecule has 6 heteroatoms. The van der Waals surface area contributed by atoms with Crippen LogP contribution in [0.2, 0.25) is 5.02 Å². The number of aromatic nitrogens is 2. The van der Waals surface area contributed by atoms with Crippen LogP contribution >= 0.6 is 11.6 Å². The van der Waals surface area contributed by atoms with Crippen molar-refractivity contribution in [1.29, 1.82) is 0 Å². The first-order valence-corrected chi connectivity index (χ1v) is 6.64. The fraction of sp³-hybridized carbons (Fsp3) is 0.286. The van der Waals surface area contributed by atoms with Gasteiger partial charge in [0.1, 0.15) is 11.6 Å². The van der Waals surface area contributed by atoms with Crippen molar-refractivity contribution in [3.8, 4) is 11.8 Å². The first kappa shape index (κ1) is 14.7. The second-order valence-electron chi connectivity index (χ2n) is 4.22. The third kappa shape index (κ3) is 3.65. The molecule has 0 radical (unpaired) electrons. The Bertz CT molecular complexity index is 607. The average molecular weight is 296 g/mol. The molecule has 1 N–H and O–H groups in total. The molecule has 0 unspecified atom stereocenters. The van der Waals surface area contributed by atoms with E-state index in [-0.39, 0.29) is 11.0 Å². The predicted octanol–water partition coefficient (Wildman–Crippen LogP) is 3.48. The highest BCUT2D eigenvalue weighted by Gasteiger charge is 2.08. The molecule has 1 aromatic carbocycles. The number of aryl methyl sites for hydroxylation is 1. The monoisotopic (exact) mass is 295 g/mol. The van der Waals surface area contributed by atoms with Gasteiger partial charge in [-0.15, -0.1) is 0 Å². The van der Waals surface area contributed by atoms with Gasteiger partial charge in [-0.25, -0.2) is 9.37 Å². The first-order chi connectivity index (χ1) is 9.60. The number of ether oxygens (including phenoxy) is 1. The number of rotatable bonds is 5. The van der Waals surface area contributed by atoms with Crippen molar-refractivity contribution in [2.45, 2.75) is 20.4 Å². The number of hydrogen-bond donors (Lipinski definition) is 1. The lowest BCUT2D eigenvalue weighted by Crippen LogP contribution is -2.13. The van der Waals surface area contributed by atoms with E-state index in [1.807, 2.05) is 13.8 Å². The minimum atomic E-state index is -0.416. The van der Waals surface area contributed by atoms with Gasteiger partial charge in [-0.2, -0.15) is 4.98 Å². The normalized spacial score (nSPS) is 10.6. The van der Waals surface area contributed by atoms with Gasteiger partial charge in [-0.05, 0) is 31.7 Å². The molecule has 0 atom stereocenters. The molecule has 0 saturated heterocycles. The van der Waals surface area contributed by atoms with E-state index in [0.29, 0.717) is 12.3 Å². The summed E-state index contributed by atoms with van der Waals surface area (Å²) < 4.78 is 18.4. The zero-order valence-corrected chi connectivity index (χ0v) is 12.0. The van der Waals surface area contributed by atoms with Crippen LogP contribution in [0.5, 0.6) is 11.8 Å². The quantitative estimate of drug-likeness (QED) is 0.917. The van der Waals surface area contributed by atoms with E-state index in [1.54, 1.807) is 6.20 Å². The van der Waals surface area contributed by atoms with Crippen molar-refractivity contribution in [2.24, 2.45) is 0 Å². The molecule has 0 aliphatic carbocycles. The zero-order chi connectivity index (χ0) is 14.5. The summed E-state index contributed by atoms with van der Waals surface area (Å²) in [6.45, 7) is 5.50. The molecule has 0 bridgehead atoms. The molecule has 2 aromatic rings. The molecule has 2 rings (SSSR count). The van der Waals surface area contributed by atoms with Gasteiger partial charge in [0.25, 0.3) is 0 Å². The van der Waals surface area contributed by atoms with Crippen LogP contribution < -0.4 is 10.1 Å². The molecule has 0 saturated carbocycles. The predicted molar refractivity (Wildman–Crippen MR) is 75.6 cm³/mol.